The number of carbonyl (C=O) groups excluding carboxylic acids is 3. The van der Waals surface area contributed by atoms with Gasteiger partial charge in [0.05, 0.1) is 30.7 Å². The van der Waals surface area contributed by atoms with Gasteiger partial charge in [0.15, 0.2) is 34.4 Å². The molecule has 0 radical (unpaired) electrons. The van der Waals surface area contributed by atoms with Crippen molar-refractivity contribution in [3.8, 4) is 5.75 Å². The second-order valence-electron chi connectivity index (χ2n) is 21.0. The zero-order valence-electron chi connectivity index (χ0n) is 39.4. The van der Waals surface area contributed by atoms with Gasteiger partial charge < -0.3 is 38.0 Å². The smallest absolute Gasteiger partial charge is 0.492 e. The van der Waals surface area contributed by atoms with Gasteiger partial charge in [0.25, 0.3) is 0 Å². The van der Waals surface area contributed by atoms with Crippen LogP contribution in [0.15, 0.2) is 42.2 Å². The van der Waals surface area contributed by atoms with Gasteiger partial charge in [-0.25, -0.2) is 18.4 Å². The van der Waals surface area contributed by atoms with Crippen LogP contribution >= 0.6 is 0 Å². The first kappa shape index (κ1) is 46.2. The number of benzene rings is 1. The van der Waals surface area contributed by atoms with Crippen molar-refractivity contribution in [2.24, 2.45) is 28.6 Å². The zero-order valence-corrected chi connectivity index (χ0v) is 39.4. The summed E-state index contributed by atoms with van der Waals surface area (Å²) in [4.78, 5) is 72.5. The summed E-state index contributed by atoms with van der Waals surface area (Å²) < 4.78 is 59.1. The van der Waals surface area contributed by atoms with E-state index in [1.165, 1.54) is 40.0 Å². The van der Waals surface area contributed by atoms with Crippen molar-refractivity contribution in [2.75, 3.05) is 31.6 Å². The monoisotopic (exact) mass is 917 g/mol. The van der Waals surface area contributed by atoms with Crippen LogP contribution in [-0.2, 0) is 20.9 Å². The average molecular weight is 918 g/mol. The van der Waals surface area contributed by atoms with Crippen LogP contribution in [0.25, 0.3) is 10.9 Å². The van der Waals surface area contributed by atoms with Gasteiger partial charge in [0.1, 0.15) is 22.6 Å². The Morgan fingerprint density at radius 1 is 1.03 bits per heavy atom. The predicted molar refractivity (Wildman–Crippen MR) is 239 cm³/mol. The first-order valence-electron chi connectivity index (χ1n) is 23.2. The molecule has 3 aromatic rings. The van der Waals surface area contributed by atoms with Crippen molar-refractivity contribution in [2.45, 2.75) is 142 Å². The summed E-state index contributed by atoms with van der Waals surface area (Å²) in [7, 11) is 1.42. The van der Waals surface area contributed by atoms with Crippen LogP contribution in [0.5, 0.6) is 5.75 Å². The molecule has 9 atom stereocenters. The summed E-state index contributed by atoms with van der Waals surface area (Å²) >= 11 is 0. The van der Waals surface area contributed by atoms with E-state index in [0.29, 0.717) is 74.5 Å². The standard InChI is InChI=1S/C50H61F2N3O11/c1-24-19-33-32-14-11-29-20-31(56)15-16-47(29,8)49(32,52)35(57)21-48(33,9)50(24,62)44(60)46(6,7)66-43(59)37-27(4)55(30-12-13-30)39-36(41(37)58)26(3)38(51)40(42(39)63-10)54-18-17-53(25(2)22-54)23-34-28(5)64-45(61)65-34/h15-16,20,24-25,30,32-33,35,57,62H,11-14,17-19,21-23H2,1-10H3/t24-,25?,32+,33+,35+,47+,48+,49+,50+/m1/s1. The lowest BCUT2D eigenvalue weighted by atomic mass is 9.44. The number of hydrogen-bond donors (Lipinski definition) is 2. The largest absolute Gasteiger partial charge is 0.519 e. The van der Waals surface area contributed by atoms with Crippen LogP contribution in [-0.4, -0.2) is 93.0 Å². The van der Waals surface area contributed by atoms with Crippen molar-refractivity contribution >= 4 is 34.1 Å². The van der Waals surface area contributed by atoms with E-state index in [-0.39, 0.29) is 64.4 Å². The summed E-state index contributed by atoms with van der Waals surface area (Å²) in [6.45, 7) is 16.1. The molecule has 5 fully saturated rings. The van der Waals surface area contributed by atoms with E-state index in [0.717, 1.165) is 0 Å². The number of nitrogens with zero attached hydrogens (tertiary/aromatic N) is 3. The summed E-state index contributed by atoms with van der Waals surface area (Å²) in [5.74, 6) is -4.75. The molecule has 9 rings (SSSR count). The Bertz CT molecular complexity index is 2780. The molecule has 0 amide bonds. The molecule has 2 N–H and O–H groups in total. The van der Waals surface area contributed by atoms with Gasteiger partial charge in [0, 0.05) is 59.7 Å². The molecule has 1 aliphatic heterocycles. The summed E-state index contributed by atoms with van der Waals surface area (Å²) in [5, 5.41) is 24.7. The van der Waals surface area contributed by atoms with Gasteiger partial charge in [-0.05, 0) is 111 Å². The van der Waals surface area contributed by atoms with E-state index < -0.39 is 80.4 Å². The number of aliphatic hydroxyl groups excluding tert-OH is 1. The molecule has 0 spiro atoms. The molecular formula is C50H61F2N3O11. The van der Waals surface area contributed by atoms with E-state index in [1.807, 2.05) is 16.4 Å². The van der Waals surface area contributed by atoms with Gasteiger partial charge in [-0.1, -0.05) is 25.5 Å². The van der Waals surface area contributed by atoms with E-state index in [1.54, 1.807) is 40.7 Å². The number of ether oxygens (including phenoxy) is 2. The molecule has 14 nitrogen and oxygen atoms in total. The van der Waals surface area contributed by atoms with Crippen molar-refractivity contribution in [1.29, 1.82) is 0 Å². The highest BCUT2D eigenvalue weighted by atomic mass is 19.1. The first-order valence-corrected chi connectivity index (χ1v) is 23.2. The van der Waals surface area contributed by atoms with Crippen molar-refractivity contribution < 1.29 is 51.7 Å². The van der Waals surface area contributed by atoms with Crippen LogP contribution in [0, 0.1) is 55.2 Å². The Morgan fingerprint density at radius 2 is 1.73 bits per heavy atom. The number of Topliss-reactive ketones (excluding diaryl/α,β-unsaturated/α-hetero) is 1. The van der Waals surface area contributed by atoms with Crippen molar-refractivity contribution in [3.05, 3.63) is 78.8 Å². The number of piperazine rings is 1. The van der Waals surface area contributed by atoms with Gasteiger partial charge in [-0.15, -0.1) is 0 Å². The molecule has 1 saturated heterocycles. The topological polar surface area (TPSA) is 182 Å². The van der Waals surface area contributed by atoms with Crippen LogP contribution in [0.2, 0.25) is 0 Å². The molecule has 5 aliphatic carbocycles. The fraction of sp³-hybridized carbons (Fsp3) is 0.620. The molecule has 2 aromatic heterocycles. The van der Waals surface area contributed by atoms with E-state index in [4.69, 9.17) is 18.3 Å². The minimum absolute atomic E-state index is 0.0119. The summed E-state index contributed by atoms with van der Waals surface area (Å²) in [5.41, 5.74) is -8.78. The van der Waals surface area contributed by atoms with E-state index in [9.17, 15) is 29.4 Å². The number of esters is 1. The number of halogens is 2. The minimum atomic E-state index is -2.19. The van der Waals surface area contributed by atoms with Crippen LogP contribution in [0.1, 0.15) is 119 Å². The molecule has 356 valence electrons. The number of pyridine rings is 1. The number of methoxy groups -OCH3 is 1. The maximum absolute atomic E-state index is 17.9. The average Bonchev–Trinajstić information content (AvgIpc) is 4.00. The highest BCUT2D eigenvalue weighted by Gasteiger charge is 2.76. The third-order valence-electron chi connectivity index (χ3n) is 17.0. The first-order chi connectivity index (χ1) is 30.9. The molecule has 0 bridgehead atoms. The lowest BCUT2D eigenvalue weighted by molar-refractivity contribution is -0.223. The number of aliphatic hydroxyl groups is 2. The fourth-order valence-corrected chi connectivity index (χ4v) is 13.3. The number of hydrogen-bond acceptors (Lipinski definition) is 13. The van der Waals surface area contributed by atoms with Crippen LogP contribution in [0.4, 0.5) is 14.5 Å². The second-order valence-corrected chi connectivity index (χ2v) is 21.0. The third-order valence-corrected chi connectivity index (χ3v) is 17.0. The number of carbonyl (C=O) groups is 3. The number of ketones is 2. The highest BCUT2D eigenvalue weighted by Crippen LogP contribution is 2.71. The highest BCUT2D eigenvalue weighted by molar-refractivity contribution is 6.03. The minimum Gasteiger partial charge on any atom is -0.492 e. The van der Waals surface area contributed by atoms with Gasteiger partial charge in [-0.3, -0.25) is 19.3 Å². The molecular weight excluding hydrogens is 857 g/mol. The number of aromatic nitrogens is 1. The maximum atomic E-state index is 17.9. The normalized spacial score (nSPS) is 33.4. The number of allylic oxidation sites excluding steroid dienone is 4. The van der Waals surface area contributed by atoms with Gasteiger partial charge >= 0.3 is 11.8 Å². The SMILES string of the molecule is COc1c(N2CCN(Cc3oc(=O)oc3C)C(C)C2)c(F)c(C)c2c(=O)c(C(=O)OC(C)(C)C(=O)[C@@]3(O)[C@H](C)C[C@H]4[C@@H]5CCC6=CC(=O)C=C[C@]6(C)[C@@]5(F)[C@@H](O)C[C@@]43C)c(C)n(C3CC3)c12. The summed E-state index contributed by atoms with van der Waals surface area (Å²) in [6, 6.07) is -0.281. The number of anilines is 1. The van der Waals surface area contributed by atoms with Crippen molar-refractivity contribution in [1.82, 2.24) is 9.47 Å². The lowest BCUT2D eigenvalue weighted by Crippen LogP contribution is -2.70. The van der Waals surface area contributed by atoms with Crippen LogP contribution < -0.4 is 20.9 Å². The molecule has 1 aromatic carbocycles. The predicted octanol–water partition coefficient (Wildman–Crippen LogP) is 6.52. The fourth-order valence-electron chi connectivity index (χ4n) is 13.3. The molecule has 3 heterocycles. The second kappa shape index (κ2) is 15.3. The Balaban J connectivity index is 1.04. The maximum Gasteiger partial charge on any atom is 0.519 e. The molecule has 6 aliphatic rings. The van der Waals surface area contributed by atoms with Crippen LogP contribution in [0.3, 0.4) is 0 Å². The quantitative estimate of drug-likeness (QED) is 0.222. The molecule has 4 saturated carbocycles. The van der Waals surface area contributed by atoms with E-state index >= 15 is 13.6 Å². The third kappa shape index (κ3) is 6.28. The molecule has 16 heteroatoms. The lowest BCUT2D eigenvalue weighted by Gasteiger charge is -2.62. The Hall–Kier alpha value is -4.93. The molecule has 66 heavy (non-hydrogen) atoms. The number of rotatable bonds is 9. The Morgan fingerprint density at radius 3 is 2.35 bits per heavy atom. The van der Waals surface area contributed by atoms with E-state index in [2.05, 4.69) is 4.90 Å². The number of alkyl halides is 1. The van der Waals surface area contributed by atoms with Crippen molar-refractivity contribution in [3.63, 3.8) is 0 Å². The van der Waals surface area contributed by atoms with Gasteiger partial charge in [0.2, 0.25) is 11.2 Å². The Kier molecular flexibility index (Phi) is 10.7. The summed E-state index contributed by atoms with van der Waals surface area (Å²) in [6.07, 6.45) is 4.87. The number of aryl methyl sites for hydroxylation is 2. The number of fused-ring (bicyclic) bond motifs is 6. The Labute approximate surface area is 381 Å². The zero-order chi connectivity index (χ0) is 48.0. The van der Waals surface area contributed by atoms with Gasteiger partial charge in [-0.2, -0.15) is 0 Å². The molecule has 1 unspecified atom stereocenters.